The highest BCUT2D eigenvalue weighted by Gasteiger charge is 2.06. The van der Waals surface area contributed by atoms with Crippen molar-refractivity contribution in [2.75, 3.05) is 5.32 Å². The Bertz CT molecular complexity index is 795. The topological polar surface area (TPSA) is 46.4 Å². The number of carbonyl (C=O) groups is 1. The van der Waals surface area contributed by atoms with Gasteiger partial charge in [0.1, 0.15) is 11.5 Å². The van der Waals surface area contributed by atoms with Crippen LogP contribution in [0.25, 0.3) is 16.8 Å². The normalized spacial score (nSPS) is 10.7. The van der Waals surface area contributed by atoms with E-state index in [0.29, 0.717) is 17.9 Å². The summed E-state index contributed by atoms with van der Waals surface area (Å²) in [7, 11) is 0. The quantitative estimate of drug-likeness (QED) is 0.743. The predicted octanol–water partition coefficient (Wildman–Crippen LogP) is 3.02. The van der Waals surface area contributed by atoms with E-state index in [1.807, 2.05) is 25.3 Å². The number of aryl methyl sites for hydroxylation is 1. The molecule has 5 heteroatoms. The summed E-state index contributed by atoms with van der Waals surface area (Å²) in [4.78, 5) is 14.6. The molecule has 0 unspecified atom stereocenters. The minimum absolute atomic E-state index is 0.264. The van der Waals surface area contributed by atoms with Crippen molar-refractivity contribution >= 4 is 17.9 Å². The maximum absolute atomic E-state index is 13.4. The van der Waals surface area contributed by atoms with Gasteiger partial charge in [0.05, 0.1) is 6.20 Å². The fraction of sp³-hybridized carbons (Fsp3) is 0.0667. The van der Waals surface area contributed by atoms with Crippen molar-refractivity contribution in [2.24, 2.45) is 0 Å². The van der Waals surface area contributed by atoms with Gasteiger partial charge in [-0.05, 0) is 47.9 Å². The molecular formula is C15H12FN3O. The van der Waals surface area contributed by atoms with Crippen molar-refractivity contribution in [3.05, 3.63) is 54.1 Å². The lowest BCUT2D eigenvalue weighted by Crippen LogP contribution is -1.92. The average Bonchev–Trinajstić information content (AvgIpc) is 2.83. The van der Waals surface area contributed by atoms with Crippen molar-refractivity contribution in [1.82, 2.24) is 9.38 Å². The number of nitrogens with zero attached hydrogens (tertiary/aromatic N) is 2. The first-order chi connectivity index (χ1) is 9.67. The van der Waals surface area contributed by atoms with E-state index in [4.69, 9.17) is 0 Å². The van der Waals surface area contributed by atoms with Crippen LogP contribution in [0.1, 0.15) is 5.56 Å². The van der Waals surface area contributed by atoms with Crippen LogP contribution in [0.15, 0.2) is 42.7 Å². The van der Waals surface area contributed by atoms with Gasteiger partial charge in [-0.1, -0.05) is 6.07 Å². The highest BCUT2D eigenvalue weighted by Crippen LogP contribution is 2.25. The summed E-state index contributed by atoms with van der Waals surface area (Å²) in [6.45, 7) is 1.94. The Balaban J connectivity index is 2.12. The van der Waals surface area contributed by atoms with Crippen LogP contribution in [-0.2, 0) is 4.79 Å². The number of amides is 1. The smallest absolute Gasteiger partial charge is 0.212 e. The van der Waals surface area contributed by atoms with Crippen LogP contribution in [0, 0.1) is 12.7 Å². The molecule has 0 saturated heterocycles. The van der Waals surface area contributed by atoms with Crippen LogP contribution >= 0.6 is 0 Å². The minimum Gasteiger partial charge on any atom is -0.312 e. The first-order valence-corrected chi connectivity index (χ1v) is 6.13. The Morgan fingerprint density at radius 2 is 2.10 bits per heavy atom. The van der Waals surface area contributed by atoms with Crippen molar-refractivity contribution in [3.63, 3.8) is 0 Å². The van der Waals surface area contributed by atoms with Gasteiger partial charge in [-0.15, -0.1) is 0 Å². The first kappa shape index (κ1) is 12.3. The summed E-state index contributed by atoms with van der Waals surface area (Å²) >= 11 is 0. The van der Waals surface area contributed by atoms with Gasteiger partial charge in [0.25, 0.3) is 0 Å². The molecule has 0 aliphatic rings. The third-order valence-corrected chi connectivity index (χ3v) is 3.17. The molecule has 1 aromatic carbocycles. The molecule has 0 spiro atoms. The Morgan fingerprint density at radius 3 is 2.90 bits per heavy atom. The average molecular weight is 269 g/mol. The van der Waals surface area contributed by atoms with Crippen LogP contribution in [0.3, 0.4) is 0 Å². The number of fused-ring (bicyclic) bond motifs is 1. The summed E-state index contributed by atoms with van der Waals surface area (Å²) in [5.74, 6) is 0.216. The summed E-state index contributed by atoms with van der Waals surface area (Å²) in [5, 5.41) is 2.50. The molecule has 0 aliphatic carbocycles. The van der Waals surface area contributed by atoms with Gasteiger partial charge in [-0.25, -0.2) is 9.37 Å². The number of halogens is 1. The number of rotatable bonds is 3. The summed E-state index contributed by atoms with van der Waals surface area (Å²) in [6, 6.07) is 8.42. The highest BCUT2D eigenvalue weighted by atomic mass is 19.1. The highest BCUT2D eigenvalue weighted by molar-refractivity contribution is 5.72. The van der Waals surface area contributed by atoms with Gasteiger partial charge in [0.15, 0.2) is 5.82 Å². The fourth-order valence-electron chi connectivity index (χ4n) is 2.19. The van der Waals surface area contributed by atoms with Gasteiger partial charge < -0.3 is 9.72 Å². The third-order valence-electron chi connectivity index (χ3n) is 3.17. The number of hydrogen-bond donors (Lipinski definition) is 1. The van der Waals surface area contributed by atoms with Crippen molar-refractivity contribution in [2.45, 2.75) is 6.92 Å². The molecule has 0 saturated carbocycles. The zero-order chi connectivity index (χ0) is 14.1. The molecule has 0 radical (unpaired) electrons. The molecule has 20 heavy (non-hydrogen) atoms. The van der Waals surface area contributed by atoms with Gasteiger partial charge >= 0.3 is 0 Å². The van der Waals surface area contributed by atoms with Crippen molar-refractivity contribution in [1.29, 1.82) is 0 Å². The van der Waals surface area contributed by atoms with Crippen LogP contribution in [0.2, 0.25) is 0 Å². The van der Waals surface area contributed by atoms with E-state index in [-0.39, 0.29) is 5.82 Å². The van der Waals surface area contributed by atoms with E-state index >= 15 is 0 Å². The largest absolute Gasteiger partial charge is 0.312 e. The number of carbonyl (C=O) groups excluding carboxylic acids is 1. The first-order valence-electron chi connectivity index (χ1n) is 6.13. The lowest BCUT2D eigenvalue weighted by molar-refractivity contribution is -0.105. The van der Waals surface area contributed by atoms with Crippen molar-refractivity contribution in [3.8, 4) is 11.1 Å². The number of hydrogen-bond acceptors (Lipinski definition) is 2. The van der Waals surface area contributed by atoms with Crippen LogP contribution < -0.4 is 5.32 Å². The summed E-state index contributed by atoms with van der Waals surface area (Å²) < 4.78 is 15.2. The molecule has 1 amide bonds. The fourth-order valence-corrected chi connectivity index (χ4v) is 2.19. The van der Waals surface area contributed by atoms with E-state index < -0.39 is 0 Å². The molecule has 3 rings (SSSR count). The molecule has 2 aromatic heterocycles. The second-order valence-electron chi connectivity index (χ2n) is 4.53. The van der Waals surface area contributed by atoms with E-state index in [1.165, 1.54) is 12.1 Å². The number of nitrogens with one attached hydrogen (secondary N) is 1. The Morgan fingerprint density at radius 1 is 1.25 bits per heavy atom. The van der Waals surface area contributed by atoms with E-state index in [1.54, 1.807) is 16.7 Å². The molecule has 0 bridgehead atoms. The Kier molecular flexibility index (Phi) is 2.95. The zero-order valence-corrected chi connectivity index (χ0v) is 10.8. The molecule has 4 nitrogen and oxygen atoms in total. The second kappa shape index (κ2) is 4.77. The van der Waals surface area contributed by atoms with Crippen molar-refractivity contribution < 1.29 is 9.18 Å². The lowest BCUT2D eigenvalue weighted by Gasteiger charge is -2.06. The van der Waals surface area contributed by atoms with Crippen LogP contribution in [-0.4, -0.2) is 15.8 Å². The van der Waals surface area contributed by atoms with E-state index in [9.17, 15) is 9.18 Å². The molecule has 0 atom stereocenters. The van der Waals surface area contributed by atoms with Gasteiger partial charge in [0, 0.05) is 6.20 Å². The molecule has 100 valence electrons. The zero-order valence-electron chi connectivity index (χ0n) is 10.8. The Labute approximate surface area is 114 Å². The maximum atomic E-state index is 13.4. The summed E-state index contributed by atoms with van der Waals surface area (Å²) in [5.41, 5.74) is 3.44. The van der Waals surface area contributed by atoms with E-state index in [0.717, 1.165) is 16.7 Å². The molecule has 1 N–H and O–H groups in total. The SMILES string of the molecule is Cc1ccc(F)cc1-c1ccc2nc(NC=O)cn2c1. The number of aromatic nitrogens is 2. The van der Waals surface area contributed by atoms with Crippen LogP contribution in [0.4, 0.5) is 10.2 Å². The third kappa shape index (κ3) is 2.14. The number of benzene rings is 1. The number of anilines is 1. The molecular weight excluding hydrogens is 257 g/mol. The molecule has 2 heterocycles. The van der Waals surface area contributed by atoms with Gasteiger partial charge in [0.2, 0.25) is 6.41 Å². The monoisotopic (exact) mass is 269 g/mol. The van der Waals surface area contributed by atoms with Gasteiger partial charge in [-0.2, -0.15) is 0 Å². The molecule has 0 aliphatic heterocycles. The summed E-state index contributed by atoms with van der Waals surface area (Å²) in [6.07, 6.45) is 4.15. The second-order valence-corrected chi connectivity index (χ2v) is 4.53. The maximum Gasteiger partial charge on any atom is 0.212 e. The van der Waals surface area contributed by atoms with Gasteiger partial charge in [-0.3, -0.25) is 4.79 Å². The number of pyridine rings is 1. The molecule has 3 aromatic rings. The van der Waals surface area contributed by atoms with Crippen LogP contribution in [0.5, 0.6) is 0 Å². The molecule has 0 fully saturated rings. The minimum atomic E-state index is -0.264. The predicted molar refractivity (Wildman–Crippen MR) is 75.0 cm³/mol. The standard InChI is InChI=1S/C15H12FN3O/c1-10-2-4-12(16)6-13(10)11-3-5-15-18-14(17-9-20)8-19(15)7-11/h2-9H,1H3,(H,17,20). The van der Waals surface area contributed by atoms with E-state index in [2.05, 4.69) is 10.3 Å². The number of imidazole rings is 1. The Hall–Kier alpha value is -2.69. The lowest BCUT2D eigenvalue weighted by atomic mass is 10.0.